The Morgan fingerprint density at radius 2 is 1.91 bits per heavy atom. The van der Waals surface area contributed by atoms with Gasteiger partial charge in [0.2, 0.25) is 0 Å². The van der Waals surface area contributed by atoms with Crippen LogP contribution in [0.3, 0.4) is 0 Å². The Labute approximate surface area is 139 Å². The average molecular weight is 308 g/mol. The number of nitrogens with one attached hydrogen (secondary N) is 1. The van der Waals surface area contributed by atoms with Crippen molar-refractivity contribution in [3.8, 4) is 0 Å². The lowest BCUT2D eigenvalue weighted by Crippen LogP contribution is -2.32. The summed E-state index contributed by atoms with van der Waals surface area (Å²) in [7, 11) is 0. The first-order chi connectivity index (χ1) is 11.3. The molecule has 0 radical (unpaired) electrons. The van der Waals surface area contributed by atoms with E-state index in [1.54, 1.807) is 0 Å². The first-order valence-corrected chi connectivity index (χ1v) is 9.46. The first kappa shape index (κ1) is 15.0. The number of anilines is 1. The van der Waals surface area contributed by atoms with E-state index in [1.165, 1.54) is 73.7 Å². The SMILES string of the molecule is CCCNc1c2c(nc3ccccc13)CCC1(CCCCC1)C2. The maximum atomic E-state index is 5.02. The van der Waals surface area contributed by atoms with E-state index in [9.17, 15) is 0 Å². The van der Waals surface area contributed by atoms with Crippen LogP contribution in [0.5, 0.6) is 0 Å². The highest BCUT2D eigenvalue weighted by Gasteiger charge is 2.37. The lowest BCUT2D eigenvalue weighted by molar-refractivity contribution is 0.161. The van der Waals surface area contributed by atoms with Gasteiger partial charge in [-0.2, -0.15) is 0 Å². The number of para-hydroxylation sites is 1. The van der Waals surface area contributed by atoms with E-state index in [4.69, 9.17) is 4.98 Å². The summed E-state index contributed by atoms with van der Waals surface area (Å²) in [5.74, 6) is 0. The molecule has 0 unspecified atom stereocenters. The molecule has 1 fully saturated rings. The Morgan fingerprint density at radius 3 is 2.74 bits per heavy atom. The van der Waals surface area contributed by atoms with Gasteiger partial charge in [0, 0.05) is 23.3 Å². The highest BCUT2D eigenvalue weighted by atomic mass is 14.9. The normalized spacial score (nSPS) is 19.7. The zero-order valence-electron chi connectivity index (χ0n) is 14.3. The van der Waals surface area contributed by atoms with Gasteiger partial charge in [0.15, 0.2) is 0 Å². The molecule has 0 amide bonds. The summed E-state index contributed by atoms with van der Waals surface area (Å²) >= 11 is 0. The number of hydrogen-bond acceptors (Lipinski definition) is 2. The van der Waals surface area contributed by atoms with E-state index in [-0.39, 0.29) is 0 Å². The smallest absolute Gasteiger partial charge is 0.0726 e. The molecular weight excluding hydrogens is 280 g/mol. The maximum Gasteiger partial charge on any atom is 0.0726 e. The van der Waals surface area contributed by atoms with Crippen LogP contribution < -0.4 is 5.32 Å². The molecular formula is C21H28N2. The Bertz CT molecular complexity index is 698. The van der Waals surface area contributed by atoms with Crippen molar-refractivity contribution in [2.45, 2.75) is 64.7 Å². The topological polar surface area (TPSA) is 24.9 Å². The summed E-state index contributed by atoms with van der Waals surface area (Å²) in [6.07, 6.45) is 12.1. The van der Waals surface area contributed by atoms with Gasteiger partial charge in [0.25, 0.3) is 0 Å². The fraction of sp³-hybridized carbons (Fsp3) is 0.571. The molecule has 0 atom stereocenters. The van der Waals surface area contributed by atoms with Crippen molar-refractivity contribution in [1.82, 2.24) is 4.98 Å². The van der Waals surface area contributed by atoms with E-state index < -0.39 is 0 Å². The largest absolute Gasteiger partial charge is 0.384 e. The van der Waals surface area contributed by atoms with Crippen LogP contribution in [0.2, 0.25) is 0 Å². The van der Waals surface area contributed by atoms with Crippen LogP contribution in [0.15, 0.2) is 24.3 Å². The molecule has 23 heavy (non-hydrogen) atoms. The number of hydrogen-bond donors (Lipinski definition) is 1. The van der Waals surface area contributed by atoms with Crippen LogP contribution >= 0.6 is 0 Å². The Balaban J connectivity index is 1.80. The summed E-state index contributed by atoms with van der Waals surface area (Å²) in [5.41, 5.74) is 6.00. The second kappa shape index (κ2) is 6.14. The zero-order valence-corrected chi connectivity index (χ0v) is 14.3. The van der Waals surface area contributed by atoms with Crippen LogP contribution in [-0.2, 0) is 12.8 Å². The second-order valence-corrected chi connectivity index (χ2v) is 7.59. The van der Waals surface area contributed by atoms with Crippen LogP contribution in [0, 0.1) is 5.41 Å². The molecule has 1 spiro atoms. The molecule has 2 nitrogen and oxygen atoms in total. The van der Waals surface area contributed by atoms with Gasteiger partial charge in [-0.15, -0.1) is 0 Å². The van der Waals surface area contributed by atoms with Gasteiger partial charge in [-0.3, -0.25) is 4.98 Å². The van der Waals surface area contributed by atoms with Crippen LogP contribution in [-0.4, -0.2) is 11.5 Å². The molecule has 1 N–H and O–H groups in total. The molecule has 0 saturated heterocycles. The fourth-order valence-electron chi connectivity index (χ4n) is 4.73. The third-order valence-electron chi connectivity index (χ3n) is 5.99. The van der Waals surface area contributed by atoms with Crippen LogP contribution in [0.1, 0.15) is 63.1 Å². The molecule has 0 aliphatic heterocycles. The number of benzene rings is 1. The van der Waals surface area contributed by atoms with Crippen molar-refractivity contribution in [2.24, 2.45) is 5.41 Å². The van der Waals surface area contributed by atoms with E-state index >= 15 is 0 Å². The van der Waals surface area contributed by atoms with Crippen LogP contribution in [0.25, 0.3) is 10.9 Å². The Hall–Kier alpha value is -1.57. The molecule has 2 heteroatoms. The fourth-order valence-corrected chi connectivity index (χ4v) is 4.73. The molecule has 1 aromatic carbocycles. The highest BCUT2D eigenvalue weighted by molar-refractivity contribution is 5.93. The summed E-state index contributed by atoms with van der Waals surface area (Å²) in [5, 5.41) is 5.06. The number of nitrogens with zero attached hydrogens (tertiary/aromatic N) is 1. The summed E-state index contributed by atoms with van der Waals surface area (Å²) in [6, 6.07) is 8.66. The van der Waals surface area contributed by atoms with Gasteiger partial charge < -0.3 is 5.32 Å². The third-order valence-corrected chi connectivity index (χ3v) is 5.99. The molecule has 2 aliphatic rings. The number of aromatic nitrogens is 1. The van der Waals surface area contributed by atoms with Crippen molar-refractivity contribution in [2.75, 3.05) is 11.9 Å². The summed E-state index contributed by atoms with van der Waals surface area (Å²) in [6.45, 7) is 3.29. The number of pyridine rings is 1. The molecule has 1 aromatic heterocycles. The molecule has 0 bridgehead atoms. The van der Waals surface area contributed by atoms with E-state index in [1.807, 2.05) is 0 Å². The van der Waals surface area contributed by atoms with Gasteiger partial charge in [0.05, 0.1) is 5.52 Å². The van der Waals surface area contributed by atoms with Crippen molar-refractivity contribution in [1.29, 1.82) is 0 Å². The van der Waals surface area contributed by atoms with Crippen molar-refractivity contribution in [3.63, 3.8) is 0 Å². The molecule has 4 rings (SSSR count). The monoisotopic (exact) mass is 308 g/mol. The third kappa shape index (κ3) is 2.73. The molecule has 122 valence electrons. The van der Waals surface area contributed by atoms with Gasteiger partial charge in [-0.25, -0.2) is 0 Å². The van der Waals surface area contributed by atoms with Gasteiger partial charge in [-0.05, 0) is 55.6 Å². The van der Waals surface area contributed by atoms with Gasteiger partial charge in [0.1, 0.15) is 0 Å². The lowest BCUT2D eigenvalue weighted by Gasteiger charge is -2.41. The van der Waals surface area contributed by atoms with Crippen molar-refractivity contribution in [3.05, 3.63) is 35.5 Å². The minimum Gasteiger partial charge on any atom is -0.384 e. The molecule has 1 saturated carbocycles. The quantitative estimate of drug-likeness (QED) is 0.810. The van der Waals surface area contributed by atoms with E-state index in [0.717, 1.165) is 18.5 Å². The minimum atomic E-state index is 0.567. The minimum absolute atomic E-state index is 0.567. The lowest BCUT2D eigenvalue weighted by atomic mass is 9.64. The number of fused-ring (bicyclic) bond motifs is 2. The average Bonchev–Trinajstić information content (AvgIpc) is 2.60. The molecule has 2 aliphatic carbocycles. The zero-order chi connectivity index (χ0) is 15.7. The maximum absolute atomic E-state index is 5.02. The predicted octanol–water partition coefficient (Wildman–Crippen LogP) is 5.50. The first-order valence-electron chi connectivity index (χ1n) is 9.46. The summed E-state index contributed by atoms with van der Waals surface area (Å²) in [4.78, 5) is 5.02. The molecule has 2 aromatic rings. The van der Waals surface area contributed by atoms with Gasteiger partial charge >= 0.3 is 0 Å². The Kier molecular flexibility index (Phi) is 4.00. The number of aryl methyl sites for hydroxylation is 1. The van der Waals surface area contributed by atoms with Crippen molar-refractivity contribution >= 4 is 16.6 Å². The standard InChI is InChI=1S/C21H28N2/c1-2-14-22-20-16-8-4-5-9-18(16)23-19-10-13-21(15-17(19)20)11-6-3-7-12-21/h4-5,8-9H,2-3,6-7,10-15H2,1H3,(H,22,23). The van der Waals surface area contributed by atoms with Gasteiger partial charge in [-0.1, -0.05) is 44.4 Å². The number of rotatable bonds is 3. The summed E-state index contributed by atoms with van der Waals surface area (Å²) < 4.78 is 0. The predicted molar refractivity (Wildman–Crippen MR) is 98.1 cm³/mol. The second-order valence-electron chi connectivity index (χ2n) is 7.59. The van der Waals surface area contributed by atoms with Crippen molar-refractivity contribution < 1.29 is 0 Å². The highest BCUT2D eigenvalue weighted by Crippen LogP contribution is 2.48. The Morgan fingerprint density at radius 1 is 1.09 bits per heavy atom. The molecule has 1 heterocycles. The van der Waals surface area contributed by atoms with E-state index in [0.29, 0.717) is 5.41 Å². The van der Waals surface area contributed by atoms with Crippen LogP contribution in [0.4, 0.5) is 5.69 Å². The van der Waals surface area contributed by atoms with E-state index in [2.05, 4.69) is 36.5 Å².